The first-order valence-corrected chi connectivity index (χ1v) is 9.72. The van der Waals surface area contributed by atoms with Crippen molar-refractivity contribution >= 4 is 5.91 Å². The van der Waals surface area contributed by atoms with Gasteiger partial charge in [-0.25, -0.2) is 0 Å². The van der Waals surface area contributed by atoms with Gasteiger partial charge in [0.15, 0.2) is 0 Å². The van der Waals surface area contributed by atoms with Crippen molar-refractivity contribution in [3.05, 3.63) is 102 Å². The Morgan fingerprint density at radius 3 is 2.33 bits per heavy atom. The fourth-order valence-corrected chi connectivity index (χ4v) is 3.13. The molecule has 0 aliphatic carbocycles. The molecule has 3 aromatic carbocycles. The molecule has 4 aromatic rings. The highest BCUT2D eigenvalue weighted by Crippen LogP contribution is 2.26. The highest BCUT2D eigenvalue weighted by atomic mass is 16.5. The van der Waals surface area contributed by atoms with E-state index in [1.54, 1.807) is 18.2 Å². The first kappa shape index (κ1) is 19.4. The number of nitrogens with one attached hydrogen (secondary N) is 1. The Balaban J connectivity index is 1.67. The monoisotopic (exact) mass is 399 g/mol. The standard InChI is InChI=1S/C24H21N3O3/c1-2-29-20-16-10-9-15-19(20)22(28)25-21(17-11-5-3-6-12-17)24-27-26-23(30-24)18-13-7-4-8-14-18/h3-16,21H,2H2,1H3,(H,25,28)/t21-/m0/s1. The van der Waals surface area contributed by atoms with Gasteiger partial charge < -0.3 is 14.5 Å². The molecule has 0 unspecified atom stereocenters. The Bertz CT molecular complexity index is 1110. The summed E-state index contributed by atoms with van der Waals surface area (Å²) in [4.78, 5) is 13.1. The van der Waals surface area contributed by atoms with Gasteiger partial charge in [0.05, 0.1) is 12.2 Å². The van der Waals surface area contributed by atoms with Crippen LogP contribution in [0.15, 0.2) is 89.3 Å². The second-order valence-corrected chi connectivity index (χ2v) is 6.56. The Kier molecular flexibility index (Phi) is 5.85. The summed E-state index contributed by atoms with van der Waals surface area (Å²) in [5.74, 6) is 0.949. The summed E-state index contributed by atoms with van der Waals surface area (Å²) in [5, 5.41) is 11.4. The van der Waals surface area contributed by atoms with Crippen molar-refractivity contribution in [1.82, 2.24) is 15.5 Å². The molecule has 1 atom stereocenters. The van der Waals surface area contributed by atoms with Crippen LogP contribution < -0.4 is 10.1 Å². The van der Waals surface area contributed by atoms with Crippen LogP contribution in [0.3, 0.4) is 0 Å². The number of hydrogen-bond acceptors (Lipinski definition) is 5. The predicted molar refractivity (Wildman–Crippen MR) is 113 cm³/mol. The van der Waals surface area contributed by atoms with Crippen molar-refractivity contribution < 1.29 is 13.9 Å². The second kappa shape index (κ2) is 9.05. The van der Waals surface area contributed by atoms with E-state index in [-0.39, 0.29) is 5.91 Å². The van der Waals surface area contributed by atoms with Crippen LogP contribution in [0.2, 0.25) is 0 Å². The molecule has 0 saturated carbocycles. The maximum atomic E-state index is 13.1. The summed E-state index contributed by atoms with van der Waals surface area (Å²) in [6, 6.07) is 25.6. The summed E-state index contributed by atoms with van der Waals surface area (Å²) in [6.45, 7) is 2.35. The van der Waals surface area contributed by atoms with Crippen LogP contribution in [0.25, 0.3) is 11.5 Å². The number of nitrogens with zero attached hydrogens (tertiary/aromatic N) is 2. The lowest BCUT2D eigenvalue weighted by atomic mass is 10.1. The fourth-order valence-electron chi connectivity index (χ4n) is 3.13. The topological polar surface area (TPSA) is 77.2 Å². The third-order valence-corrected chi connectivity index (χ3v) is 4.55. The molecule has 0 bridgehead atoms. The molecule has 0 saturated heterocycles. The van der Waals surface area contributed by atoms with E-state index in [1.807, 2.05) is 73.7 Å². The molecule has 1 aromatic heterocycles. The van der Waals surface area contributed by atoms with Crippen LogP contribution in [-0.2, 0) is 0 Å². The molecule has 1 N–H and O–H groups in total. The van der Waals surface area contributed by atoms with E-state index in [0.29, 0.717) is 29.7 Å². The molecule has 6 heteroatoms. The summed E-state index contributed by atoms with van der Waals surface area (Å²) >= 11 is 0. The minimum absolute atomic E-state index is 0.285. The van der Waals surface area contributed by atoms with Crippen LogP contribution >= 0.6 is 0 Å². The lowest BCUT2D eigenvalue weighted by Crippen LogP contribution is -2.30. The molecule has 150 valence electrons. The number of carbonyl (C=O) groups is 1. The van der Waals surface area contributed by atoms with Gasteiger partial charge in [0.2, 0.25) is 11.8 Å². The number of amides is 1. The SMILES string of the molecule is CCOc1ccccc1C(=O)N[C@@H](c1ccccc1)c1nnc(-c2ccccc2)o1. The second-order valence-electron chi connectivity index (χ2n) is 6.56. The third kappa shape index (κ3) is 4.22. The highest BCUT2D eigenvalue weighted by Gasteiger charge is 2.25. The largest absolute Gasteiger partial charge is 0.493 e. The molecule has 6 nitrogen and oxygen atoms in total. The summed E-state index contributed by atoms with van der Waals surface area (Å²) in [5.41, 5.74) is 2.10. The number of para-hydroxylation sites is 1. The minimum atomic E-state index is -0.599. The Morgan fingerprint density at radius 2 is 1.60 bits per heavy atom. The van der Waals surface area contributed by atoms with Crippen molar-refractivity contribution in [2.75, 3.05) is 6.61 Å². The van der Waals surface area contributed by atoms with E-state index in [4.69, 9.17) is 9.15 Å². The number of hydrogen-bond donors (Lipinski definition) is 1. The maximum absolute atomic E-state index is 13.1. The Hall–Kier alpha value is -3.93. The van der Waals surface area contributed by atoms with Gasteiger partial charge in [0, 0.05) is 5.56 Å². The molecule has 30 heavy (non-hydrogen) atoms. The molecular formula is C24H21N3O3. The molecular weight excluding hydrogens is 378 g/mol. The van der Waals surface area contributed by atoms with Crippen molar-refractivity contribution in [3.8, 4) is 17.2 Å². The molecule has 0 aliphatic rings. The van der Waals surface area contributed by atoms with E-state index in [1.165, 1.54) is 0 Å². The zero-order valence-electron chi connectivity index (χ0n) is 16.5. The normalized spacial score (nSPS) is 11.6. The smallest absolute Gasteiger partial charge is 0.255 e. The Morgan fingerprint density at radius 1 is 0.933 bits per heavy atom. The number of carbonyl (C=O) groups excluding carboxylic acids is 1. The first-order valence-electron chi connectivity index (χ1n) is 9.72. The lowest BCUT2D eigenvalue weighted by molar-refractivity contribution is 0.0934. The minimum Gasteiger partial charge on any atom is -0.493 e. The van der Waals surface area contributed by atoms with Crippen LogP contribution in [0, 0.1) is 0 Å². The van der Waals surface area contributed by atoms with Gasteiger partial charge >= 0.3 is 0 Å². The molecule has 0 fully saturated rings. The first-order chi connectivity index (χ1) is 14.8. The molecule has 0 radical (unpaired) electrons. The number of benzene rings is 3. The molecule has 0 spiro atoms. The van der Waals surface area contributed by atoms with E-state index in [9.17, 15) is 4.79 Å². The van der Waals surface area contributed by atoms with Gasteiger partial charge in [-0.3, -0.25) is 4.79 Å². The predicted octanol–water partition coefficient (Wildman–Crippen LogP) is 4.65. The van der Waals surface area contributed by atoms with Crippen LogP contribution in [0.4, 0.5) is 0 Å². The maximum Gasteiger partial charge on any atom is 0.255 e. The van der Waals surface area contributed by atoms with Gasteiger partial charge in [-0.1, -0.05) is 60.7 Å². The summed E-state index contributed by atoms with van der Waals surface area (Å²) < 4.78 is 11.5. The van der Waals surface area contributed by atoms with Crippen LogP contribution in [0.1, 0.15) is 34.8 Å². The third-order valence-electron chi connectivity index (χ3n) is 4.55. The van der Waals surface area contributed by atoms with Crippen LogP contribution in [-0.4, -0.2) is 22.7 Å². The summed E-state index contributed by atoms with van der Waals surface area (Å²) in [6.07, 6.45) is 0. The Labute approximate surface area is 174 Å². The van der Waals surface area contributed by atoms with Gasteiger partial charge in [-0.05, 0) is 36.8 Å². The molecule has 0 aliphatic heterocycles. The van der Waals surface area contributed by atoms with Crippen molar-refractivity contribution in [1.29, 1.82) is 0 Å². The quantitative estimate of drug-likeness (QED) is 0.489. The fraction of sp³-hybridized carbons (Fsp3) is 0.125. The summed E-state index contributed by atoms with van der Waals surface area (Å²) in [7, 11) is 0. The van der Waals surface area contributed by atoms with Crippen molar-refractivity contribution in [2.24, 2.45) is 0 Å². The highest BCUT2D eigenvalue weighted by molar-refractivity contribution is 5.97. The van der Waals surface area contributed by atoms with E-state index in [0.717, 1.165) is 11.1 Å². The zero-order valence-corrected chi connectivity index (χ0v) is 16.5. The van der Waals surface area contributed by atoms with Gasteiger partial charge in [-0.15, -0.1) is 10.2 Å². The molecule has 1 amide bonds. The zero-order chi connectivity index (χ0) is 20.8. The molecule has 4 rings (SSSR count). The molecule has 1 heterocycles. The van der Waals surface area contributed by atoms with Gasteiger partial charge in [-0.2, -0.15) is 0 Å². The average Bonchev–Trinajstić information content (AvgIpc) is 3.29. The number of rotatable bonds is 7. The van der Waals surface area contributed by atoms with Gasteiger partial charge in [0.25, 0.3) is 5.91 Å². The average molecular weight is 399 g/mol. The van der Waals surface area contributed by atoms with Gasteiger partial charge in [0.1, 0.15) is 11.8 Å². The lowest BCUT2D eigenvalue weighted by Gasteiger charge is -2.17. The number of aromatic nitrogens is 2. The van der Waals surface area contributed by atoms with Crippen molar-refractivity contribution in [2.45, 2.75) is 13.0 Å². The van der Waals surface area contributed by atoms with Crippen molar-refractivity contribution in [3.63, 3.8) is 0 Å². The van der Waals surface area contributed by atoms with E-state index in [2.05, 4.69) is 15.5 Å². The van der Waals surface area contributed by atoms with E-state index >= 15 is 0 Å². The van der Waals surface area contributed by atoms with E-state index < -0.39 is 6.04 Å². The number of ether oxygens (including phenoxy) is 1. The van der Waals surface area contributed by atoms with Crippen LogP contribution in [0.5, 0.6) is 5.75 Å².